The van der Waals surface area contributed by atoms with E-state index in [0.29, 0.717) is 5.41 Å². The molecule has 82 valence electrons. The maximum absolute atomic E-state index is 5.33. The minimum atomic E-state index is 0.420. The van der Waals surface area contributed by atoms with Gasteiger partial charge in [0.05, 0.1) is 7.11 Å². The first-order valence-electron chi connectivity index (χ1n) is 5.43. The first kappa shape index (κ1) is 11.0. The van der Waals surface area contributed by atoms with Gasteiger partial charge in [-0.15, -0.1) is 0 Å². The van der Waals surface area contributed by atoms with Gasteiger partial charge in [0.15, 0.2) is 0 Å². The number of methoxy groups -OCH3 is 1. The van der Waals surface area contributed by atoms with Crippen molar-refractivity contribution in [2.75, 3.05) is 7.11 Å². The highest BCUT2D eigenvalue weighted by molar-refractivity contribution is 9.08. The third-order valence-corrected chi connectivity index (χ3v) is 4.18. The van der Waals surface area contributed by atoms with Crippen LogP contribution in [0.3, 0.4) is 0 Å². The second-order valence-electron chi connectivity index (χ2n) is 4.57. The number of halogens is 1. The summed E-state index contributed by atoms with van der Waals surface area (Å²) in [6, 6.07) is 6.59. The molecule has 0 radical (unpaired) electrons. The fourth-order valence-electron chi connectivity index (χ4n) is 2.25. The van der Waals surface area contributed by atoms with Crippen molar-refractivity contribution >= 4 is 15.9 Å². The van der Waals surface area contributed by atoms with Gasteiger partial charge in [-0.25, -0.2) is 0 Å². The van der Waals surface area contributed by atoms with E-state index in [1.807, 2.05) is 0 Å². The van der Waals surface area contributed by atoms with Crippen molar-refractivity contribution < 1.29 is 4.74 Å². The number of rotatable bonds is 3. The van der Waals surface area contributed by atoms with Crippen LogP contribution in [0.25, 0.3) is 0 Å². The standard InChI is InChI=1S/C13H17BrO/c1-13(6-3-7-13)11-4-5-12(15-2)10(8-11)9-14/h4-5,8H,3,6-7,9H2,1-2H3. The Balaban J connectivity index is 2.34. The lowest BCUT2D eigenvalue weighted by atomic mass is 9.66. The molecule has 0 amide bonds. The lowest BCUT2D eigenvalue weighted by Crippen LogP contribution is -2.30. The highest BCUT2D eigenvalue weighted by atomic mass is 79.9. The molecule has 1 aromatic carbocycles. The summed E-state index contributed by atoms with van der Waals surface area (Å²) in [6.07, 6.45) is 4.01. The number of ether oxygens (including phenoxy) is 1. The molecule has 0 bridgehead atoms. The van der Waals surface area contributed by atoms with Crippen molar-refractivity contribution in [3.05, 3.63) is 29.3 Å². The molecule has 1 aromatic rings. The zero-order valence-electron chi connectivity index (χ0n) is 9.35. The molecule has 0 N–H and O–H groups in total. The van der Waals surface area contributed by atoms with Gasteiger partial charge in [0.2, 0.25) is 0 Å². The van der Waals surface area contributed by atoms with Crippen molar-refractivity contribution in [3.8, 4) is 5.75 Å². The van der Waals surface area contributed by atoms with Crippen LogP contribution >= 0.6 is 15.9 Å². The SMILES string of the molecule is COc1ccc(C2(C)CCC2)cc1CBr. The van der Waals surface area contributed by atoms with Crippen LogP contribution in [0.1, 0.15) is 37.3 Å². The Bertz CT molecular complexity index is 356. The molecule has 15 heavy (non-hydrogen) atoms. The Labute approximate surface area is 100.0 Å². The average molecular weight is 269 g/mol. The van der Waals surface area contributed by atoms with Gasteiger partial charge in [-0.2, -0.15) is 0 Å². The summed E-state index contributed by atoms with van der Waals surface area (Å²) in [5.74, 6) is 0.985. The molecule has 0 atom stereocenters. The van der Waals surface area contributed by atoms with E-state index >= 15 is 0 Å². The summed E-state index contributed by atoms with van der Waals surface area (Å²) >= 11 is 3.51. The second kappa shape index (κ2) is 4.17. The van der Waals surface area contributed by atoms with Crippen LogP contribution < -0.4 is 4.74 Å². The van der Waals surface area contributed by atoms with Crippen LogP contribution in [0.2, 0.25) is 0 Å². The molecular weight excluding hydrogens is 252 g/mol. The van der Waals surface area contributed by atoms with Crippen LogP contribution in [0.5, 0.6) is 5.75 Å². The van der Waals surface area contributed by atoms with Crippen LogP contribution in [-0.4, -0.2) is 7.11 Å². The molecule has 2 heteroatoms. The fourth-order valence-corrected chi connectivity index (χ4v) is 2.69. The normalized spacial score (nSPS) is 18.3. The summed E-state index contributed by atoms with van der Waals surface area (Å²) in [5.41, 5.74) is 3.13. The topological polar surface area (TPSA) is 9.23 Å². The Kier molecular flexibility index (Phi) is 3.06. The molecule has 1 saturated carbocycles. The van der Waals surface area contributed by atoms with E-state index < -0.39 is 0 Å². The van der Waals surface area contributed by atoms with Gasteiger partial charge in [0.1, 0.15) is 5.75 Å². The molecule has 0 heterocycles. The number of benzene rings is 1. The van der Waals surface area contributed by atoms with Gasteiger partial charge in [0.25, 0.3) is 0 Å². The molecule has 1 aliphatic rings. The summed E-state index contributed by atoms with van der Waals surface area (Å²) < 4.78 is 5.33. The van der Waals surface area contributed by atoms with E-state index in [1.54, 1.807) is 7.11 Å². The summed E-state index contributed by atoms with van der Waals surface area (Å²) in [4.78, 5) is 0. The molecule has 2 rings (SSSR count). The first-order valence-corrected chi connectivity index (χ1v) is 6.55. The average Bonchev–Trinajstić information content (AvgIpc) is 2.25. The number of alkyl halides is 1. The lowest BCUT2D eigenvalue weighted by molar-refractivity contribution is 0.271. The predicted octanol–water partition coefficient (Wildman–Crippen LogP) is 4.03. The third kappa shape index (κ3) is 1.92. The summed E-state index contributed by atoms with van der Waals surface area (Å²) in [5, 5.41) is 0.861. The van der Waals surface area contributed by atoms with Crippen molar-refractivity contribution in [1.82, 2.24) is 0 Å². The zero-order chi connectivity index (χ0) is 10.9. The molecule has 0 aliphatic heterocycles. The molecule has 0 spiro atoms. The van der Waals surface area contributed by atoms with Crippen LogP contribution in [0, 0.1) is 0 Å². The maximum Gasteiger partial charge on any atom is 0.122 e. The minimum absolute atomic E-state index is 0.420. The quantitative estimate of drug-likeness (QED) is 0.753. The van der Waals surface area contributed by atoms with Gasteiger partial charge in [0, 0.05) is 10.9 Å². The molecule has 1 nitrogen and oxygen atoms in total. The maximum atomic E-state index is 5.33. The largest absolute Gasteiger partial charge is 0.496 e. The molecular formula is C13H17BrO. The Morgan fingerprint density at radius 3 is 2.60 bits per heavy atom. The van der Waals surface area contributed by atoms with E-state index in [0.717, 1.165) is 11.1 Å². The molecule has 0 aromatic heterocycles. The monoisotopic (exact) mass is 268 g/mol. The van der Waals surface area contributed by atoms with Crippen molar-refractivity contribution in [3.63, 3.8) is 0 Å². The van der Waals surface area contributed by atoms with Gasteiger partial charge in [-0.05, 0) is 29.9 Å². The second-order valence-corrected chi connectivity index (χ2v) is 5.14. The van der Waals surface area contributed by atoms with Crippen LogP contribution in [0.15, 0.2) is 18.2 Å². The van der Waals surface area contributed by atoms with E-state index in [1.165, 1.54) is 30.4 Å². The predicted molar refractivity (Wildman–Crippen MR) is 66.8 cm³/mol. The van der Waals surface area contributed by atoms with Crippen molar-refractivity contribution in [1.29, 1.82) is 0 Å². The van der Waals surface area contributed by atoms with Crippen molar-refractivity contribution in [2.45, 2.75) is 36.9 Å². The van der Waals surface area contributed by atoms with Crippen LogP contribution in [0.4, 0.5) is 0 Å². The minimum Gasteiger partial charge on any atom is -0.496 e. The third-order valence-electron chi connectivity index (χ3n) is 3.58. The molecule has 1 fully saturated rings. The van der Waals surface area contributed by atoms with E-state index in [4.69, 9.17) is 4.74 Å². The molecule has 0 unspecified atom stereocenters. The number of hydrogen-bond donors (Lipinski definition) is 0. The van der Waals surface area contributed by atoms with E-state index in [2.05, 4.69) is 41.1 Å². The zero-order valence-corrected chi connectivity index (χ0v) is 10.9. The smallest absolute Gasteiger partial charge is 0.122 e. The Hall–Kier alpha value is -0.500. The Morgan fingerprint density at radius 2 is 2.13 bits per heavy atom. The Morgan fingerprint density at radius 1 is 1.40 bits per heavy atom. The summed E-state index contributed by atoms with van der Waals surface area (Å²) in [7, 11) is 1.73. The van der Waals surface area contributed by atoms with Gasteiger partial charge < -0.3 is 4.74 Å². The highest BCUT2D eigenvalue weighted by Gasteiger charge is 2.33. The van der Waals surface area contributed by atoms with Crippen LogP contribution in [-0.2, 0) is 10.7 Å². The van der Waals surface area contributed by atoms with Gasteiger partial charge in [-0.1, -0.05) is 41.4 Å². The van der Waals surface area contributed by atoms with Gasteiger partial charge in [-0.3, -0.25) is 0 Å². The van der Waals surface area contributed by atoms with E-state index in [-0.39, 0.29) is 0 Å². The lowest BCUT2D eigenvalue weighted by Gasteiger charge is -2.39. The molecule has 0 saturated heterocycles. The summed E-state index contributed by atoms with van der Waals surface area (Å²) in [6.45, 7) is 2.36. The van der Waals surface area contributed by atoms with E-state index in [9.17, 15) is 0 Å². The van der Waals surface area contributed by atoms with Crippen molar-refractivity contribution in [2.24, 2.45) is 0 Å². The number of hydrogen-bond acceptors (Lipinski definition) is 1. The molecule has 1 aliphatic carbocycles. The van der Waals surface area contributed by atoms with Gasteiger partial charge >= 0.3 is 0 Å². The highest BCUT2D eigenvalue weighted by Crippen LogP contribution is 2.44. The fraction of sp³-hybridized carbons (Fsp3) is 0.538. The first-order chi connectivity index (χ1) is 7.19.